The molecular weight excluding hydrogens is 410 g/mol. The fraction of sp³-hybridized carbons (Fsp3) is 0.217. The SMILES string of the molecule is O=C(O)c1ccncc1CC[C@@H]1NCCc2cc(-c3cc(F)c(Cl)c(F)c3)ccc21. The second-order valence-corrected chi connectivity index (χ2v) is 7.68. The first-order valence-corrected chi connectivity index (χ1v) is 9.99. The number of carboxylic acid groups (broad SMARTS) is 1. The number of carboxylic acids is 1. The fourth-order valence-corrected chi connectivity index (χ4v) is 4.06. The summed E-state index contributed by atoms with van der Waals surface area (Å²) in [4.78, 5) is 15.5. The molecule has 0 fully saturated rings. The van der Waals surface area contributed by atoms with Gasteiger partial charge in [-0.05, 0) is 71.8 Å². The standard InChI is InChI=1S/C23H19ClF2N2O2/c24-22-19(25)10-16(11-20(22)26)13-1-3-17-14(9-13)5-8-28-21(17)4-2-15-12-27-7-6-18(15)23(29)30/h1,3,6-7,9-12,21,28H,2,4-5,8H2,(H,29,30)/t21-/m0/s1. The molecule has 3 aromatic rings. The number of aromatic carboxylic acids is 1. The molecule has 2 heterocycles. The Morgan fingerprint density at radius 3 is 2.67 bits per heavy atom. The predicted octanol–water partition coefficient (Wildman–Crippen LogP) is 5.20. The van der Waals surface area contributed by atoms with Gasteiger partial charge in [-0.1, -0.05) is 29.8 Å². The van der Waals surface area contributed by atoms with E-state index >= 15 is 0 Å². The van der Waals surface area contributed by atoms with E-state index in [4.69, 9.17) is 11.6 Å². The third kappa shape index (κ3) is 4.06. The normalized spacial score (nSPS) is 15.6. The van der Waals surface area contributed by atoms with Crippen molar-refractivity contribution >= 4 is 17.6 Å². The van der Waals surface area contributed by atoms with E-state index in [9.17, 15) is 18.7 Å². The number of hydrogen-bond donors (Lipinski definition) is 2. The number of aryl methyl sites for hydroxylation is 1. The quantitative estimate of drug-likeness (QED) is 0.548. The zero-order chi connectivity index (χ0) is 21.3. The highest BCUT2D eigenvalue weighted by molar-refractivity contribution is 6.31. The highest BCUT2D eigenvalue weighted by atomic mass is 35.5. The largest absolute Gasteiger partial charge is 0.478 e. The van der Waals surface area contributed by atoms with Crippen LogP contribution in [0.15, 0.2) is 48.8 Å². The Balaban J connectivity index is 1.58. The van der Waals surface area contributed by atoms with E-state index in [-0.39, 0.29) is 11.6 Å². The Morgan fingerprint density at radius 2 is 1.93 bits per heavy atom. The molecule has 1 aliphatic rings. The molecule has 0 spiro atoms. The van der Waals surface area contributed by atoms with E-state index in [2.05, 4.69) is 10.3 Å². The lowest BCUT2D eigenvalue weighted by atomic mass is 9.88. The Morgan fingerprint density at radius 1 is 1.17 bits per heavy atom. The van der Waals surface area contributed by atoms with Crippen molar-refractivity contribution in [1.29, 1.82) is 0 Å². The lowest BCUT2D eigenvalue weighted by Crippen LogP contribution is -2.30. The van der Waals surface area contributed by atoms with Gasteiger partial charge in [-0.2, -0.15) is 0 Å². The first-order chi connectivity index (χ1) is 14.4. The summed E-state index contributed by atoms with van der Waals surface area (Å²) < 4.78 is 27.7. The Hall–Kier alpha value is -2.83. The average molecular weight is 429 g/mol. The summed E-state index contributed by atoms with van der Waals surface area (Å²) in [6.45, 7) is 0.767. The molecule has 0 aliphatic carbocycles. The zero-order valence-corrected chi connectivity index (χ0v) is 16.7. The number of aromatic nitrogens is 1. The second kappa shape index (κ2) is 8.50. The second-order valence-electron chi connectivity index (χ2n) is 7.30. The number of fused-ring (bicyclic) bond motifs is 1. The molecule has 0 saturated heterocycles. The summed E-state index contributed by atoms with van der Waals surface area (Å²) in [5.41, 5.74) is 4.35. The van der Waals surface area contributed by atoms with Crippen molar-refractivity contribution in [2.75, 3.05) is 6.54 Å². The van der Waals surface area contributed by atoms with Gasteiger partial charge in [0.15, 0.2) is 0 Å². The van der Waals surface area contributed by atoms with Crippen molar-refractivity contribution in [2.45, 2.75) is 25.3 Å². The van der Waals surface area contributed by atoms with Gasteiger partial charge in [0.2, 0.25) is 0 Å². The number of nitrogens with one attached hydrogen (secondary N) is 1. The summed E-state index contributed by atoms with van der Waals surface area (Å²) in [6.07, 6.45) is 5.15. The van der Waals surface area contributed by atoms with Crippen molar-refractivity contribution in [2.24, 2.45) is 0 Å². The van der Waals surface area contributed by atoms with Gasteiger partial charge in [-0.15, -0.1) is 0 Å². The van der Waals surface area contributed by atoms with Crippen LogP contribution in [0.1, 0.15) is 39.5 Å². The molecule has 0 radical (unpaired) electrons. The molecular formula is C23H19ClF2N2O2. The number of rotatable bonds is 5. The van der Waals surface area contributed by atoms with Crippen molar-refractivity contribution < 1.29 is 18.7 Å². The van der Waals surface area contributed by atoms with Crippen LogP contribution in [-0.4, -0.2) is 22.6 Å². The van der Waals surface area contributed by atoms with Crippen LogP contribution in [-0.2, 0) is 12.8 Å². The minimum atomic E-state index is -0.962. The number of halogens is 3. The molecule has 1 atom stereocenters. The van der Waals surface area contributed by atoms with Gasteiger partial charge in [-0.25, -0.2) is 13.6 Å². The molecule has 4 rings (SSSR count). The summed E-state index contributed by atoms with van der Waals surface area (Å²) >= 11 is 5.59. The van der Waals surface area contributed by atoms with E-state index in [0.717, 1.165) is 29.7 Å². The summed E-state index contributed by atoms with van der Waals surface area (Å²) in [5, 5.41) is 12.3. The molecule has 0 bridgehead atoms. The number of hydrogen-bond acceptors (Lipinski definition) is 3. The predicted molar refractivity (Wildman–Crippen MR) is 111 cm³/mol. The van der Waals surface area contributed by atoms with E-state index in [1.165, 1.54) is 24.4 Å². The van der Waals surface area contributed by atoms with E-state index in [1.54, 1.807) is 6.20 Å². The number of carbonyl (C=O) groups is 1. The van der Waals surface area contributed by atoms with Crippen molar-refractivity contribution in [3.05, 3.63) is 87.7 Å². The number of benzene rings is 2. The lowest BCUT2D eigenvalue weighted by molar-refractivity contribution is 0.0695. The third-order valence-corrected chi connectivity index (χ3v) is 5.82. The maximum Gasteiger partial charge on any atom is 0.336 e. The van der Waals surface area contributed by atoms with Gasteiger partial charge >= 0.3 is 5.97 Å². The monoisotopic (exact) mass is 428 g/mol. The molecule has 0 amide bonds. The first-order valence-electron chi connectivity index (χ1n) is 9.61. The smallest absolute Gasteiger partial charge is 0.336 e. The highest BCUT2D eigenvalue weighted by Crippen LogP contribution is 2.33. The Labute approximate surface area is 177 Å². The summed E-state index contributed by atoms with van der Waals surface area (Å²) in [7, 11) is 0. The van der Waals surface area contributed by atoms with Crippen LogP contribution in [0.2, 0.25) is 5.02 Å². The van der Waals surface area contributed by atoms with Crippen LogP contribution in [0.3, 0.4) is 0 Å². The molecule has 4 nitrogen and oxygen atoms in total. The molecule has 2 N–H and O–H groups in total. The molecule has 1 aromatic heterocycles. The minimum Gasteiger partial charge on any atom is -0.478 e. The lowest BCUT2D eigenvalue weighted by Gasteiger charge is -2.28. The van der Waals surface area contributed by atoms with Gasteiger partial charge in [0.25, 0.3) is 0 Å². The number of nitrogens with zero attached hydrogens (tertiary/aromatic N) is 1. The molecule has 1 aliphatic heterocycles. The van der Waals surface area contributed by atoms with E-state index in [0.29, 0.717) is 24.0 Å². The first kappa shape index (κ1) is 20.4. The summed E-state index contributed by atoms with van der Waals surface area (Å²) in [5.74, 6) is -2.53. The van der Waals surface area contributed by atoms with Crippen LogP contribution in [0.4, 0.5) is 8.78 Å². The Kier molecular flexibility index (Phi) is 5.79. The van der Waals surface area contributed by atoms with Gasteiger partial charge < -0.3 is 10.4 Å². The van der Waals surface area contributed by atoms with Crippen LogP contribution >= 0.6 is 11.6 Å². The minimum absolute atomic E-state index is 0.0586. The molecule has 2 aromatic carbocycles. The third-order valence-electron chi connectivity index (χ3n) is 5.46. The van der Waals surface area contributed by atoms with Crippen molar-refractivity contribution in [1.82, 2.24) is 10.3 Å². The van der Waals surface area contributed by atoms with Crippen LogP contribution in [0, 0.1) is 11.6 Å². The zero-order valence-electron chi connectivity index (χ0n) is 16.0. The maximum absolute atomic E-state index is 13.8. The number of pyridine rings is 1. The van der Waals surface area contributed by atoms with Crippen LogP contribution < -0.4 is 5.32 Å². The fourth-order valence-electron chi connectivity index (χ4n) is 3.95. The van der Waals surface area contributed by atoms with Gasteiger partial charge in [-0.3, -0.25) is 4.98 Å². The molecule has 0 unspecified atom stereocenters. The van der Waals surface area contributed by atoms with Crippen molar-refractivity contribution in [3.63, 3.8) is 0 Å². The van der Waals surface area contributed by atoms with E-state index < -0.39 is 22.6 Å². The molecule has 30 heavy (non-hydrogen) atoms. The summed E-state index contributed by atoms with van der Waals surface area (Å²) in [6, 6.07) is 9.81. The highest BCUT2D eigenvalue weighted by Gasteiger charge is 2.21. The van der Waals surface area contributed by atoms with Gasteiger partial charge in [0.05, 0.1) is 5.56 Å². The molecule has 154 valence electrons. The molecule has 7 heteroatoms. The topological polar surface area (TPSA) is 62.2 Å². The maximum atomic E-state index is 13.8. The average Bonchev–Trinajstić information content (AvgIpc) is 2.75. The molecule has 0 saturated carbocycles. The van der Waals surface area contributed by atoms with Gasteiger partial charge in [0.1, 0.15) is 16.7 Å². The Bertz CT molecular complexity index is 1100. The van der Waals surface area contributed by atoms with Crippen LogP contribution in [0.25, 0.3) is 11.1 Å². The van der Waals surface area contributed by atoms with E-state index in [1.807, 2.05) is 18.2 Å². The van der Waals surface area contributed by atoms with Crippen LogP contribution in [0.5, 0.6) is 0 Å². The van der Waals surface area contributed by atoms with Gasteiger partial charge in [0, 0.05) is 18.4 Å². The van der Waals surface area contributed by atoms with Crippen molar-refractivity contribution in [3.8, 4) is 11.1 Å².